The zero-order valence-electron chi connectivity index (χ0n) is 10.5. The van der Waals surface area contributed by atoms with Crippen LogP contribution in [0.15, 0.2) is 48.5 Å². The Hall–Kier alpha value is -1.76. The van der Waals surface area contributed by atoms with Gasteiger partial charge in [-0.1, -0.05) is 56.3 Å². The predicted molar refractivity (Wildman–Crippen MR) is 74.8 cm³/mol. The smallest absolute Gasteiger partial charge is 0.0393 e. The number of anilines is 1. The molecule has 0 heterocycles. The number of hydrogen-bond acceptors (Lipinski definition) is 1. The summed E-state index contributed by atoms with van der Waals surface area (Å²) in [4.78, 5) is 0. The molecule has 88 valence electrons. The predicted octanol–water partition coefficient (Wildman–Crippen LogP) is 4.13. The Labute approximate surface area is 103 Å². The van der Waals surface area contributed by atoms with Gasteiger partial charge in [0.25, 0.3) is 0 Å². The van der Waals surface area contributed by atoms with Crippen LogP contribution in [0.1, 0.15) is 19.4 Å². The Kier molecular flexibility index (Phi) is 3.48. The summed E-state index contributed by atoms with van der Waals surface area (Å²) in [6, 6.07) is 16.7. The monoisotopic (exact) mass is 225 g/mol. The summed E-state index contributed by atoms with van der Waals surface area (Å²) < 4.78 is 0. The first-order valence-electron chi connectivity index (χ1n) is 6.10. The minimum atomic E-state index is 0.697. The molecule has 0 amide bonds. The molecule has 0 saturated carbocycles. The van der Waals surface area contributed by atoms with E-state index in [0.29, 0.717) is 5.92 Å². The van der Waals surface area contributed by atoms with Crippen molar-refractivity contribution in [2.75, 3.05) is 5.73 Å². The summed E-state index contributed by atoms with van der Waals surface area (Å²) in [5.74, 6) is 0.697. The molecule has 1 nitrogen and oxygen atoms in total. The van der Waals surface area contributed by atoms with Gasteiger partial charge in [0.15, 0.2) is 0 Å². The van der Waals surface area contributed by atoms with E-state index in [1.165, 1.54) is 11.1 Å². The molecule has 0 aliphatic rings. The van der Waals surface area contributed by atoms with E-state index in [4.69, 9.17) is 5.73 Å². The van der Waals surface area contributed by atoms with Gasteiger partial charge >= 0.3 is 0 Å². The Bertz CT molecular complexity index is 483. The van der Waals surface area contributed by atoms with Crippen LogP contribution in [0.5, 0.6) is 0 Å². The molecule has 0 aromatic heterocycles. The van der Waals surface area contributed by atoms with Crippen molar-refractivity contribution in [1.82, 2.24) is 0 Å². The first kappa shape index (κ1) is 11.7. The van der Waals surface area contributed by atoms with Gasteiger partial charge in [0.05, 0.1) is 0 Å². The lowest BCUT2D eigenvalue weighted by atomic mass is 9.98. The molecular weight excluding hydrogens is 206 g/mol. The Morgan fingerprint density at radius 1 is 0.941 bits per heavy atom. The van der Waals surface area contributed by atoms with Crippen LogP contribution in [0.4, 0.5) is 5.69 Å². The minimum Gasteiger partial charge on any atom is -0.398 e. The molecule has 17 heavy (non-hydrogen) atoms. The van der Waals surface area contributed by atoms with E-state index in [1.54, 1.807) is 0 Å². The van der Waals surface area contributed by atoms with Crippen LogP contribution in [0.3, 0.4) is 0 Å². The topological polar surface area (TPSA) is 26.0 Å². The molecule has 2 aromatic carbocycles. The fraction of sp³-hybridized carbons (Fsp3) is 0.250. The quantitative estimate of drug-likeness (QED) is 0.781. The largest absolute Gasteiger partial charge is 0.398 e. The molecule has 0 spiro atoms. The van der Waals surface area contributed by atoms with E-state index in [2.05, 4.69) is 44.2 Å². The second-order valence-electron chi connectivity index (χ2n) is 4.88. The highest BCUT2D eigenvalue weighted by atomic mass is 14.6. The summed E-state index contributed by atoms with van der Waals surface area (Å²) in [5.41, 5.74) is 10.5. The lowest BCUT2D eigenvalue weighted by Gasteiger charge is -2.08. The second-order valence-corrected chi connectivity index (χ2v) is 4.88. The third-order valence-corrected chi connectivity index (χ3v) is 2.87. The summed E-state index contributed by atoms with van der Waals surface area (Å²) >= 11 is 0. The Balaban J connectivity index is 2.27. The zero-order valence-corrected chi connectivity index (χ0v) is 10.5. The lowest BCUT2D eigenvalue weighted by Crippen LogP contribution is -1.94. The average Bonchev–Trinajstić information content (AvgIpc) is 2.30. The standard InChI is InChI=1S/C16H19N/c1-12(2)11-13-7-9-14(10-8-13)15-5-3-4-6-16(15)17/h3-10,12H,11,17H2,1-2H3. The summed E-state index contributed by atoms with van der Waals surface area (Å²) in [5, 5.41) is 0. The molecule has 0 saturated heterocycles. The number of benzene rings is 2. The normalized spacial score (nSPS) is 10.8. The van der Waals surface area contributed by atoms with Crippen molar-refractivity contribution >= 4 is 5.69 Å². The highest BCUT2D eigenvalue weighted by molar-refractivity contribution is 5.76. The molecular formula is C16H19N. The van der Waals surface area contributed by atoms with Crippen LogP contribution < -0.4 is 5.73 Å². The van der Waals surface area contributed by atoms with Gasteiger partial charge in [0, 0.05) is 11.3 Å². The number of nitrogens with two attached hydrogens (primary N) is 1. The minimum absolute atomic E-state index is 0.697. The maximum absolute atomic E-state index is 5.97. The summed E-state index contributed by atoms with van der Waals surface area (Å²) in [6.45, 7) is 4.48. The van der Waals surface area contributed by atoms with Crippen molar-refractivity contribution in [3.8, 4) is 11.1 Å². The van der Waals surface area contributed by atoms with Gasteiger partial charge in [-0.25, -0.2) is 0 Å². The number of nitrogen functional groups attached to an aromatic ring is 1. The van der Waals surface area contributed by atoms with Crippen molar-refractivity contribution in [2.24, 2.45) is 5.92 Å². The molecule has 0 fully saturated rings. The van der Waals surface area contributed by atoms with Crippen molar-refractivity contribution in [2.45, 2.75) is 20.3 Å². The third-order valence-electron chi connectivity index (χ3n) is 2.87. The van der Waals surface area contributed by atoms with Gasteiger partial charge in [-0.3, -0.25) is 0 Å². The van der Waals surface area contributed by atoms with Crippen LogP contribution in [0.2, 0.25) is 0 Å². The van der Waals surface area contributed by atoms with Crippen LogP contribution >= 0.6 is 0 Å². The van der Waals surface area contributed by atoms with E-state index >= 15 is 0 Å². The molecule has 2 rings (SSSR count). The molecule has 2 N–H and O–H groups in total. The van der Waals surface area contributed by atoms with Gasteiger partial charge < -0.3 is 5.73 Å². The number of hydrogen-bond donors (Lipinski definition) is 1. The zero-order chi connectivity index (χ0) is 12.3. The second kappa shape index (κ2) is 5.05. The number of para-hydroxylation sites is 1. The maximum Gasteiger partial charge on any atom is 0.0393 e. The average molecular weight is 225 g/mol. The van der Waals surface area contributed by atoms with E-state index in [9.17, 15) is 0 Å². The maximum atomic E-state index is 5.97. The molecule has 0 aliphatic carbocycles. The molecule has 0 atom stereocenters. The van der Waals surface area contributed by atoms with E-state index in [1.807, 2.05) is 18.2 Å². The SMILES string of the molecule is CC(C)Cc1ccc(-c2ccccc2N)cc1. The Morgan fingerprint density at radius 3 is 2.18 bits per heavy atom. The van der Waals surface area contributed by atoms with E-state index in [-0.39, 0.29) is 0 Å². The van der Waals surface area contributed by atoms with Gasteiger partial charge in [-0.05, 0) is 29.5 Å². The third kappa shape index (κ3) is 2.88. The summed E-state index contributed by atoms with van der Waals surface area (Å²) in [6.07, 6.45) is 1.13. The van der Waals surface area contributed by atoms with Crippen molar-refractivity contribution < 1.29 is 0 Å². The van der Waals surface area contributed by atoms with Crippen LogP contribution in [0.25, 0.3) is 11.1 Å². The molecule has 0 radical (unpaired) electrons. The first-order valence-corrected chi connectivity index (χ1v) is 6.10. The highest BCUT2D eigenvalue weighted by Gasteiger charge is 2.02. The van der Waals surface area contributed by atoms with Crippen LogP contribution in [0, 0.1) is 5.92 Å². The van der Waals surface area contributed by atoms with Gasteiger partial charge in [0.2, 0.25) is 0 Å². The highest BCUT2D eigenvalue weighted by Crippen LogP contribution is 2.25. The van der Waals surface area contributed by atoms with Gasteiger partial charge in [0.1, 0.15) is 0 Å². The fourth-order valence-electron chi connectivity index (χ4n) is 2.05. The van der Waals surface area contributed by atoms with E-state index < -0.39 is 0 Å². The van der Waals surface area contributed by atoms with Gasteiger partial charge in [-0.15, -0.1) is 0 Å². The molecule has 2 aromatic rings. The fourth-order valence-corrected chi connectivity index (χ4v) is 2.05. The molecule has 0 aliphatic heterocycles. The van der Waals surface area contributed by atoms with Crippen LogP contribution in [-0.4, -0.2) is 0 Å². The number of rotatable bonds is 3. The van der Waals surface area contributed by atoms with Crippen molar-refractivity contribution in [1.29, 1.82) is 0 Å². The van der Waals surface area contributed by atoms with Gasteiger partial charge in [-0.2, -0.15) is 0 Å². The molecule has 1 heteroatoms. The lowest BCUT2D eigenvalue weighted by molar-refractivity contribution is 0.647. The Morgan fingerprint density at radius 2 is 1.59 bits per heavy atom. The molecule has 0 unspecified atom stereocenters. The van der Waals surface area contributed by atoms with E-state index in [0.717, 1.165) is 17.7 Å². The first-order chi connectivity index (χ1) is 8.16. The van der Waals surface area contributed by atoms with Crippen LogP contribution in [-0.2, 0) is 6.42 Å². The van der Waals surface area contributed by atoms with Crippen molar-refractivity contribution in [3.63, 3.8) is 0 Å². The van der Waals surface area contributed by atoms with Crippen molar-refractivity contribution in [3.05, 3.63) is 54.1 Å². The molecule has 0 bridgehead atoms. The summed E-state index contributed by atoms with van der Waals surface area (Å²) in [7, 11) is 0.